The first-order chi connectivity index (χ1) is 7.15. The lowest BCUT2D eigenvalue weighted by molar-refractivity contribution is -0.118. The highest BCUT2D eigenvalue weighted by atomic mass is 16.5. The number of aliphatic hydroxyl groups excluding tert-OH is 2. The fourth-order valence-corrected chi connectivity index (χ4v) is 1.33. The van der Waals surface area contributed by atoms with Crippen molar-refractivity contribution in [2.75, 3.05) is 32.9 Å². The second-order valence-corrected chi connectivity index (χ2v) is 3.68. The van der Waals surface area contributed by atoms with E-state index in [0.29, 0.717) is 6.61 Å². The minimum atomic E-state index is -0.801. The van der Waals surface area contributed by atoms with Crippen LogP contribution in [0.3, 0.4) is 0 Å². The fourth-order valence-electron chi connectivity index (χ4n) is 1.33. The molecule has 3 unspecified atom stereocenters. The van der Waals surface area contributed by atoms with Crippen LogP contribution in [0.25, 0.3) is 0 Å². The average molecular weight is 218 g/mol. The summed E-state index contributed by atoms with van der Waals surface area (Å²) < 4.78 is 5.11. The molecule has 6 nitrogen and oxygen atoms in total. The van der Waals surface area contributed by atoms with Crippen molar-refractivity contribution in [1.29, 1.82) is 0 Å². The summed E-state index contributed by atoms with van der Waals surface area (Å²) >= 11 is 0. The largest absolute Gasteiger partial charge is 0.394 e. The quantitative estimate of drug-likeness (QED) is 0.321. The SMILES string of the molecule is NC(=O)C1CN1CCCOCC(O)CO. The lowest BCUT2D eigenvalue weighted by atomic mass is 10.4. The van der Waals surface area contributed by atoms with Gasteiger partial charge in [-0.3, -0.25) is 9.69 Å². The zero-order valence-electron chi connectivity index (χ0n) is 8.63. The normalized spacial score (nSPS) is 26.3. The van der Waals surface area contributed by atoms with Gasteiger partial charge in [-0.25, -0.2) is 0 Å². The highest BCUT2D eigenvalue weighted by Gasteiger charge is 2.37. The molecule has 0 aliphatic carbocycles. The monoisotopic (exact) mass is 218 g/mol. The van der Waals surface area contributed by atoms with Crippen molar-refractivity contribution in [2.45, 2.75) is 18.6 Å². The molecule has 0 aromatic carbocycles. The topological polar surface area (TPSA) is 95.8 Å². The van der Waals surface area contributed by atoms with Gasteiger partial charge < -0.3 is 20.7 Å². The molecule has 0 bridgehead atoms. The van der Waals surface area contributed by atoms with E-state index in [-0.39, 0.29) is 25.2 Å². The minimum Gasteiger partial charge on any atom is -0.394 e. The van der Waals surface area contributed by atoms with E-state index in [0.717, 1.165) is 19.5 Å². The number of nitrogens with zero attached hydrogens (tertiary/aromatic N) is 1. The summed E-state index contributed by atoms with van der Waals surface area (Å²) in [5.74, 6) is -0.272. The molecule has 1 amide bonds. The van der Waals surface area contributed by atoms with Crippen LogP contribution in [0.2, 0.25) is 0 Å². The Labute approximate surface area is 88.6 Å². The fraction of sp³-hybridized carbons (Fsp3) is 0.889. The van der Waals surface area contributed by atoms with Crippen molar-refractivity contribution in [1.82, 2.24) is 4.90 Å². The Morgan fingerprint density at radius 2 is 2.40 bits per heavy atom. The van der Waals surface area contributed by atoms with E-state index in [1.54, 1.807) is 0 Å². The Bertz CT molecular complexity index is 212. The van der Waals surface area contributed by atoms with E-state index in [2.05, 4.69) is 0 Å². The first kappa shape index (κ1) is 12.4. The first-order valence-electron chi connectivity index (χ1n) is 5.05. The maximum absolute atomic E-state index is 10.7. The van der Waals surface area contributed by atoms with Crippen molar-refractivity contribution >= 4 is 5.91 Å². The Morgan fingerprint density at radius 3 is 2.93 bits per heavy atom. The second kappa shape index (κ2) is 6.02. The summed E-state index contributed by atoms with van der Waals surface area (Å²) in [6.07, 6.45) is -0.00772. The van der Waals surface area contributed by atoms with Crippen molar-refractivity contribution in [2.24, 2.45) is 5.73 Å². The van der Waals surface area contributed by atoms with Crippen molar-refractivity contribution in [3.8, 4) is 0 Å². The summed E-state index contributed by atoms with van der Waals surface area (Å²) in [5.41, 5.74) is 5.10. The minimum absolute atomic E-state index is 0.0898. The molecule has 0 radical (unpaired) electrons. The van der Waals surface area contributed by atoms with Crippen LogP contribution < -0.4 is 5.73 Å². The predicted molar refractivity (Wildman–Crippen MR) is 53.1 cm³/mol. The van der Waals surface area contributed by atoms with Gasteiger partial charge in [-0.05, 0) is 6.42 Å². The molecule has 0 aromatic rings. The summed E-state index contributed by atoms with van der Waals surface area (Å²) in [6, 6.07) is -0.0898. The molecule has 6 heteroatoms. The lowest BCUT2D eigenvalue weighted by Gasteiger charge is -2.08. The summed E-state index contributed by atoms with van der Waals surface area (Å²) in [4.78, 5) is 12.6. The van der Waals surface area contributed by atoms with Crippen LogP contribution in [-0.4, -0.2) is 66.1 Å². The van der Waals surface area contributed by atoms with Gasteiger partial charge in [0, 0.05) is 19.7 Å². The van der Waals surface area contributed by atoms with E-state index in [1.807, 2.05) is 4.90 Å². The predicted octanol–water partition coefficient (Wildman–Crippen LogP) is -2.08. The summed E-state index contributed by atoms with van der Waals surface area (Å²) in [5, 5.41) is 17.4. The number of nitrogens with two attached hydrogens (primary N) is 1. The molecule has 1 aliphatic heterocycles. The standard InChI is InChI=1S/C9H18N2O4/c10-9(14)8-4-11(8)2-1-3-15-6-7(13)5-12/h7-8,12-13H,1-6H2,(H2,10,14). The van der Waals surface area contributed by atoms with Gasteiger partial charge in [0.1, 0.15) is 12.1 Å². The van der Waals surface area contributed by atoms with Gasteiger partial charge in [0.2, 0.25) is 5.91 Å². The van der Waals surface area contributed by atoms with Gasteiger partial charge in [-0.15, -0.1) is 0 Å². The molecule has 3 atom stereocenters. The Morgan fingerprint density at radius 1 is 1.67 bits per heavy atom. The van der Waals surface area contributed by atoms with Crippen molar-refractivity contribution < 1.29 is 19.7 Å². The maximum Gasteiger partial charge on any atom is 0.236 e. The van der Waals surface area contributed by atoms with Crippen LogP contribution in [0.15, 0.2) is 0 Å². The smallest absolute Gasteiger partial charge is 0.236 e. The number of hydrogen-bond donors (Lipinski definition) is 3. The number of primary amides is 1. The number of aliphatic hydroxyl groups is 2. The highest BCUT2D eigenvalue weighted by Crippen LogP contribution is 2.16. The lowest BCUT2D eigenvalue weighted by Crippen LogP contribution is -2.23. The molecule has 4 N–H and O–H groups in total. The summed E-state index contributed by atoms with van der Waals surface area (Å²) in [6.45, 7) is 1.90. The Kier molecular flexibility index (Phi) is 4.97. The average Bonchev–Trinajstić information content (AvgIpc) is 2.96. The van der Waals surface area contributed by atoms with Crippen LogP contribution in [-0.2, 0) is 9.53 Å². The van der Waals surface area contributed by atoms with Gasteiger partial charge in [-0.2, -0.15) is 0 Å². The zero-order valence-corrected chi connectivity index (χ0v) is 8.63. The van der Waals surface area contributed by atoms with E-state index < -0.39 is 6.10 Å². The van der Waals surface area contributed by atoms with Gasteiger partial charge >= 0.3 is 0 Å². The number of ether oxygens (including phenoxy) is 1. The van der Waals surface area contributed by atoms with Crippen LogP contribution in [0.1, 0.15) is 6.42 Å². The van der Waals surface area contributed by atoms with E-state index in [4.69, 9.17) is 20.7 Å². The maximum atomic E-state index is 10.7. The van der Waals surface area contributed by atoms with Gasteiger partial charge in [0.25, 0.3) is 0 Å². The molecule has 1 saturated heterocycles. The van der Waals surface area contributed by atoms with Crippen molar-refractivity contribution in [3.63, 3.8) is 0 Å². The number of rotatable bonds is 8. The van der Waals surface area contributed by atoms with Gasteiger partial charge in [0.15, 0.2) is 0 Å². The molecular weight excluding hydrogens is 200 g/mol. The number of hydrogen-bond acceptors (Lipinski definition) is 5. The zero-order chi connectivity index (χ0) is 11.3. The number of carbonyl (C=O) groups is 1. The molecular formula is C9H18N2O4. The highest BCUT2D eigenvalue weighted by molar-refractivity contribution is 5.82. The van der Waals surface area contributed by atoms with E-state index in [9.17, 15) is 4.79 Å². The van der Waals surface area contributed by atoms with Gasteiger partial charge in [0.05, 0.1) is 13.2 Å². The second-order valence-electron chi connectivity index (χ2n) is 3.68. The number of amides is 1. The summed E-state index contributed by atoms with van der Waals surface area (Å²) in [7, 11) is 0. The van der Waals surface area contributed by atoms with Crippen LogP contribution in [0, 0.1) is 0 Å². The molecule has 1 heterocycles. The Hall–Kier alpha value is -0.690. The van der Waals surface area contributed by atoms with Crippen molar-refractivity contribution in [3.05, 3.63) is 0 Å². The molecule has 1 aliphatic rings. The molecule has 88 valence electrons. The van der Waals surface area contributed by atoms with Crippen LogP contribution >= 0.6 is 0 Å². The third kappa shape index (κ3) is 4.57. The molecule has 15 heavy (non-hydrogen) atoms. The molecule has 0 spiro atoms. The van der Waals surface area contributed by atoms with Crippen LogP contribution in [0.4, 0.5) is 0 Å². The van der Waals surface area contributed by atoms with Gasteiger partial charge in [-0.1, -0.05) is 0 Å². The first-order valence-corrected chi connectivity index (χ1v) is 5.05. The van der Waals surface area contributed by atoms with E-state index >= 15 is 0 Å². The third-order valence-corrected chi connectivity index (χ3v) is 2.30. The molecule has 0 aromatic heterocycles. The van der Waals surface area contributed by atoms with E-state index in [1.165, 1.54) is 0 Å². The third-order valence-electron chi connectivity index (χ3n) is 2.30. The molecule has 0 saturated carbocycles. The molecule has 1 fully saturated rings. The number of carbonyl (C=O) groups excluding carboxylic acids is 1. The Balaban J connectivity index is 1.88. The molecule has 1 rings (SSSR count). The van der Waals surface area contributed by atoms with Crippen LogP contribution in [0.5, 0.6) is 0 Å².